The number of anilines is 1. The Morgan fingerprint density at radius 1 is 1.16 bits per heavy atom. The van der Waals surface area contributed by atoms with Gasteiger partial charge in [-0.1, -0.05) is 44.5 Å². The van der Waals surface area contributed by atoms with Gasteiger partial charge in [0.1, 0.15) is 11.5 Å². The van der Waals surface area contributed by atoms with Crippen LogP contribution in [0.3, 0.4) is 0 Å². The smallest absolute Gasteiger partial charge is 0.262 e. The van der Waals surface area contributed by atoms with Crippen molar-refractivity contribution in [1.29, 1.82) is 0 Å². The highest BCUT2D eigenvalue weighted by Gasteiger charge is 2.14. The van der Waals surface area contributed by atoms with Gasteiger partial charge in [0.15, 0.2) is 6.61 Å². The molecule has 0 heterocycles. The van der Waals surface area contributed by atoms with E-state index in [0.29, 0.717) is 22.2 Å². The highest BCUT2D eigenvalue weighted by molar-refractivity contribution is 6.31. The number of nitrogens with one attached hydrogen (secondary N) is 1. The van der Waals surface area contributed by atoms with Crippen LogP contribution in [0.25, 0.3) is 0 Å². The topological polar surface area (TPSA) is 47.6 Å². The highest BCUT2D eigenvalue weighted by atomic mass is 35.5. The molecule has 2 rings (SSSR count). The Hall–Kier alpha value is -2.20. The molecule has 0 saturated carbocycles. The maximum absolute atomic E-state index is 12.2. The summed E-state index contributed by atoms with van der Waals surface area (Å²) in [6.45, 7) is 8.23. The standard InChI is InChI=1S/C20H24ClNO3/c1-13-10-17(18(24-5)11-16(13)21)22-19(23)12-25-15-8-6-14(7-9-15)20(2,3)4/h6-11H,12H2,1-5H3,(H,22,23). The summed E-state index contributed by atoms with van der Waals surface area (Å²) in [5, 5.41) is 3.38. The molecule has 0 aromatic heterocycles. The van der Waals surface area contributed by atoms with Crippen LogP contribution in [0, 0.1) is 6.92 Å². The lowest BCUT2D eigenvalue weighted by atomic mass is 9.87. The van der Waals surface area contributed by atoms with Crippen molar-refractivity contribution in [2.75, 3.05) is 19.0 Å². The first-order valence-corrected chi connectivity index (χ1v) is 8.46. The van der Waals surface area contributed by atoms with E-state index in [9.17, 15) is 4.79 Å². The molecule has 2 aromatic carbocycles. The third-order valence-corrected chi connectivity index (χ3v) is 4.25. The Kier molecular flexibility index (Phi) is 5.96. The molecule has 0 saturated heterocycles. The predicted octanol–water partition coefficient (Wildman–Crippen LogP) is 4.97. The number of hydrogen-bond donors (Lipinski definition) is 1. The largest absolute Gasteiger partial charge is 0.495 e. The van der Waals surface area contributed by atoms with Crippen LogP contribution in [0.2, 0.25) is 5.02 Å². The van der Waals surface area contributed by atoms with Crippen LogP contribution in [-0.2, 0) is 10.2 Å². The molecule has 1 N–H and O–H groups in total. The summed E-state index contributed by atoms with van der Waals surface area (Å²) >= 11 is 6.07. The van der Waals surface area contributed by atoms with E-state index in [4.69, 9.17) is 21.1 Å². The van der Waals surface area contributed by atoms with Crippen LogP contribution >= 0.6 is 11.6 Å². The van der Waals surface area contributed by atoms with E-state index in [1.807, 2.05) is 31.2 Å². The number of benzene rings is 2. The molecule has 25 heavy (non-hydrogen) atoms. The summed E-state index contributed by atoms with van der Waals surface area (Å²) in [7, 11) is 1.53. The van der Waals surface area contributed by atoms with E-state index in [1.165, 1.54) is 12.7 Å². The molecule has 0 aliphatic rings. The van der Waals surface area contributed by atoms with E-state index >= 15 is 0 Å². The molecule has 0 fully saturated rings. The van der Waals surface area contributed by atoms with Gasteiger partial charge in [0.25, 0.3) is 5.91 Å². The van der Waals surface area contributed by atoms with Gasteiger partial charge in [-0.05, 0) is 41.7 Å². The molecule has 0 atom stereocenters. The molecule has 134 valence electrons. The summed E-state index contributed by atoms with van der Waals surface area (Å²) in [6.07, 6.45) is 0. The summed E-state index contributed by atoms with van der Waals surface area (Å²) in [5.74, 6) is 0.904. The van der Waals surface area contributed by atoms with Crippen molar-refractivity contribution >= 4 is 23.2 Å². The van der Waals surface area contributed by atoms with Crippen LogP contribution in [0.4, 0.5) is 5.69 Å². The second kappa shape index (κ2) is 7.79. The van der Waals surface area contributed by atoms with Crippen LogP contribution in [0.1, 0.15) is 31.9 Å². The number of aryl methyl sites for hydroxylation is 1. The molecule has 4 nitrogen and oxygen atoms in total. The second-order valence-electron chi connectivity index (χ2n) is 6.91. The van der Waals surface area contributed by atoms with Gasteiger partial charge in [-0.15, -0.1) is 0 Å². The van der Waals surface area contributed by atoms with Gasteiger partial charge < -0.3 is 14.8 Å². The number of rotatable bonds is 5. The first-order valence-electron chi connectivity index (χ1n) is 8.08. The number of halogens is 1. The summed E-state index contributed by atoms with van der Waals surface area (Å²) < 4.78 is 10.8. The van der Waals surface area contributed by atoms with Crippen molar-refractivity contribution in [1.82, 2.24) is 0 Å². The number of amides is 1. The second-order valence-corrected chi connectivity index (χ2v) is 7.32. The lowest BCUT2D eigenvalue weighted by Gasteiger charge is -2.19. The fraction of sp³-hybridized carbons (Fsp3) is 0.350. The number of carbonyl (C=O) groups is 1. The van der Waals surface area contributed by atoms with Gasteiger partial charge in [-0.25, -0.2) is 0 Å². The van der Waals surface area contributed by atoms with Gasteiger partial charge in [-0.3, -0.25) is 4.79 Å². The Balaban J connectivity index is 1.98. The maximum Gasteiger partial charge on any atom is 0.262 e. The van der Waals surface area contributed by atoms with Crippen molar-refractivity contribution in [3.05, 3.63) is 52.5 Å². The predicted molar refractivity (Wildman–Crippen MR) is 102 cm³/mol. The molecule has 0 aliphatic heterocycles. The monoisotopic (exact) mass is 361 g/mol. The summed E-state index contributed by atoms with van der Waals surface area (Å²) in [5.41, 5.74) is 2.72. The molecule has 2 aromatic rings. The average molecular weight is 362 g/mol. The van der Waals surface area contributed by atoms with Gasteiger partial charge >= 0.3 is 0 Å². The van der Waals surface area contributed by atoms with Crippen LogP contribution in [-0.4, -0.2) is 19.6 Å². The Labute approximate surface area is 154 Å². The van der Waals surface area contributed by atoms with Crippen molar-refractivity contribution in [3.8, 4) is 11.5 Å². The lowest BCUT2D eigenvalue weighted by Crippen LogP contribution is -2.20. The molecule has 0 spiro atoms. The first kappa shape index (κ1) is 19.1. The minimum atomic E-state index is -0.264. The normalized spacial score (nSPS) is 11.1. The fourth-order valence-electron chi connectivity index (χ4n) is 2.32. The number of methoxy groups -OCH3 is 1. The minimum absolute atomic E-state index is 0.0822. The SMILES string of the molecule is COc1cc(Cl)c(C)cc1NC(=O)COc1ccc(C(C)(C)C)cc1. The van der Waals surface area contributed by atoms with Crippen molar-refractivity contribution in [2.24, 2.45) is 0 Å². The zero-order chi connectivity index (χ0) is 18.6. The van der Waals surface area contributed by atoms with Crippen molar-refractivity contribution in [3.63, 3.8) is 0 Å². The van der Waals surface area contributed by atoms with Gasteiger partial charge in [-0.2, -0.15) is 0 Å². The van der Waals surface area contributed by atoms with E-state index in [-0.39, 0.29) is 17.9 Å². The molecule has 0 radical (unpaired) electrons. The highest BCUT2D eigenvalue weighted by Crippen LogP contribution is 2.31. The number of carbonyl (C=O) groups excluding carboxylic acids is 1. The zero-order valence-electron chi connectivity index (χ0n) is 15.3. The maximum atomic E-state index is 12.2. The van der Waals surface area contributed by atoms with Crippen molar-refractivity contribution < 1.29 is 14.3 Å². The third-order valence-electron chi connectivity index (χ3n) is 3.85. The first-order chi connectivity index (χ1) is 11.7. The van der Waals surface area contributed by atoms with Gasteiger partial charge in [0, 0.05) is 11.1 Å². The van der Waals surface area contributed by atoms with Crippen LogP contribution < -0.4 is 14.8 Å². The Morgan fingerprint density at radius 2 is 1.80 bits per heavy atom. The molecule has 0 aliphatic carbocycles. The van der Waals surface area contributed by atoms with Crippen LogP contribution in [0.15, 0.2) is 36.4 Å². The fourth-order valence-corrected chi connectivity index (χ4v) is 2.47. The van der Waals surface area contributed by atoms with Gasteiger partial charge in [0.05, 0.1) is 12.8 Å². The minimum Gasteiger partial charge on any atom is -0.495 e. The van der Waals surface area contributed by atoms with E-state index in [1.54, 1.807) is 12.1 Å². The zero-order valence-corrected chi connectivity index (χ0v) is 16.0. The Bertz CT molecular complexity index is 749. The number of hydrogen-bond acceptors (Lipinski definition) is 3. The molecule has 5 heteroatoms. The molecule has 1 amide bonds. The van der Waals surface area contributed by atoms with Crippen molar-refractivity contribution in [2.45, 2.75) is 33.1 Å². The molecular weight excluding hydrogens is 338 g/mol. The molecular formula is C20H24ClNO3. The Morgan fingerprint density at radius 3 is 2.36 bits per heavy atom. The van der Waals surface area contributed by atoms with Crippen LogP contribution in [0.5, 0.6) is 11.5 Å². The van der Waals surface area contributed by atoms with E-state index in [2.05, 4.69) is 26.1 Å². The lowest BCUT2D eigenvalue weighted by molar-refractivity contribution is -0.118. The van der Waals surface area contributed by atoms with Gasteiger partial charge in [0.2, 0.25) is 0 Å². The summed E-state index contributed by atoms with van der Waals surface area (Å²) in [4.78, 5) is 12.2. The average Bonchev–Trinajstić information content (AvgIpc) is 2.55. The number of ether oxygens (including phenoxy) is 2. The summed E-state index contributed by atoms with van der Waals surface area (Å²) in [6, 6.07) is 11.2. The van der Waals surface area contributed by atoms with E-state index in [0.717, 1.165) is 5.56 Å². The van der Waals surface area contributed by atoms with E-state index < -0.39 is 0 Å². The molecule has 0 bridgehead atoms. The quantitative estimate of drug-likeness (QED) is 0.817. The third kappa shape index (κ3) is 5.13. The molecule has 0 unspecified atom stereocenters.